The number of hydrogen-bond acceptors (Lipinski definition) is 8. The second-order valence-corrected chi connectivity index (χ2v) is 11.3. The Balaban J connectivity index is 1.52. The van der Waals surface area contributed by atoms with Crippen molar-refractivity contribution in [1.29, 1.82) is 0 Å². The highest BCUT2D eigenvalue weighted by molar-refractivity contribution is 5.87. The number of amides is 1. The van der Waals surface area contributed by atoms with Crippen LogP contribution in [0, 0.1) is 12.7 Å². The predicted octanol–water partition coefficient (Wildman–Crippen LogP) is 4.04. The summed E-state index contributed by atoms with van der Waals surface area (Å²) in [4.78, 5) is 27.5. The smallest absolute Gasteiger partial charge is 0.417 e. The fraction of sp³-hybridized carbons (Fsp3) is 0.552. The maximum Gasteiger partial charge on any atom is 0.417 e. The van der Waals surface area contributed by atoms with Crippen molar-refractivity contribution in [2.24, 2.45) is 0 Å². The number of likely N-dealkylation sites (tertiary alicyclic amines) is 1. The fourth-order valence-corrected chi connectivity index (χ4v) is 6.20. The molecule has 0 saturated carbocycles. The van der Waals surface area contributed by atoms with Crippen LogP contribution in [0.5, 0.6) is 6.01 Å². The standard InChI is InChI=1S/C29H36F4N6O3/c1-5-23(40)38-9-10-39(17(3)13-38)27-19-15-41-22(24-25(29(31,32)33)16(2)11-20(34)26(24)30)12-21(19)35-28(36-27)42-14-18-7-6-8-37(18)4/h5,11,17-18,22H,1,6-10,12-15,34H2,2-4H3/t17-,18-,22?/m0/s1. The number of aromatic nitrogens is 2. The van der Waals surface area contributed by atoms with E-state index in [1.807, 2.05) is 18.9 Å². The number of ether oxygens (including phenoxy) is 2. The van der Waals surface area contributed by atoms with E-state index in [1.165, 1.54) is 13.0 Å². The molecule has 1 aromatic carbocycles. The Kier molecular flexibility index (Phi) is 8.35. The van der Waals surface area contributed by atoms with Crippen LogP contribution in [0.1, 0.15) is 53.8 Å². The van der Waals surface area contributed by atoms with Crippen molar-refractivity contribution >= 4 is 17.4 Å². The monoisotopic (exact) mass is 592 g/mol. The molecular formula is C29H36F4N6O3. The molecule has 0 spiro atoms. The van der Waals surface area contributed by atoms with E-state index < -0.39 is 29.2 Å². The minimum absolute atomic E-state index is 0.0989. The van der Waals surface area contributed by atoms with Gasteiger partial charge in [0.25, 0.3) is 0 Å². The summed E-state index contributed by atoms with van der Waals surface area (Å²) < 4.78 is 69.7. The molecule has 2 fully saturated rings. The molecule has 9 nitrogen and oxygen atoms in total. The summed E-state index contributed by atoms with van der Waals surface area (Å²) in [6.07, 6.45) is -2.91. The van der Waals surface area contributed by atoms with Crippen LogP contribution in [0.15, 0.2) is 18.7 Å². The summed E-state index contributed by atoms with van der Waals surface area (Å²) in [5, 5.41) is 0. The van der Waals surface area contributed by atoms with Gasteiger partial charge in [0.15, 0.2) is 5.82 Å². The first kappa shape index (κ1) is 30.0. The quantitative estimate of drug-likeness (QED) is 0.305. The molecule has 228 valence electrons. The van der Waals surface area contributed by atoms with E-state index >= 15 is 4.39 Å². The number of carbonyl (C=O) groups is 1. The van der Waals surface area contributed by atoms with Crippen LogP contribution < -0.4 is 15.4 Å². The number of benzene rings is 1. The number of halogens is 4. The number of nitrogen functional groups attached to an aromatic ring is 1. The van der Waals surface area contributed by atoms with Crippen molar-refractivity contribution in [3.05, 3.63) is 52.5 Å². The number of nitrogens with zero attached hydrogens (tertiary/aromatic N) is 5. The van der Waals surface area contributed by atoms with Crippen LogP contribution in [0.25, 0.3) is 0 Å². The maximum absolute atomic E-state index is 15.3. The Labute approximate surface area is 242 Å². The van der Waals surface area contributed by atoms with Crippen molar-refractivity contribution in [2.75, 3.05) is 50.5 Å². The van der Waals surface area contributed by atoms with Gasteiger partial charge in [-0.1, -0.05) is 6.58 Å². The predicted molar refractivity (Wildman–Crippen MR) is 149 cm³/mol. The maximum atomic E-state index is 15.3. The first-order valence-corrected chi connectivity index (χ1v) is 14.1. The molecule has 1 unspecified atom stereocenters. The molecule has 42 heavy (non-hydrogen) atoms. The number of anilines is 2. The third kappa shape index (κ3) is 5.76. The van der Waals surface area contributed by atoms with Gasteiger partial charge in [-0.2, -0.15) is 23.1 Å². The van der Waals surface area contributed by atoms with Crippen molar-refractivity contribution < 1.29 is 31.8 Å². The van der Waals surface area contributed by atoms with Crippen LogP contribution in [0.2, 0.25) is 0 Å². The summed E-state index contributed by atoms with van der Waals surface area (Å²) in [7, 11) is 2.02. The molecule has 4 heterocycles. The van der Waals surface area contributed by atoms with Crippen molar-refractivity contribution in [3.63, 3.8) is 0 Å². The molecular weight excluding hydrogens is 556 g/mol. The molecule has 0 bridgehead atoms. The zero-order valence-electron chi connectivity index (χ0n) is 24.0. The van der Waals surface area contributed by atoms with Crippen molar-refractivity contribution in [1.82, 2.24) is 19.8 Å². The zero-order chi connectivity index (χ0) is 30.3. The number of nitrogens with two attached hydrogens (primary N) is 1. The van der Waals surface area contributed by atoms with Gasteiger partial charge in [-0.15, -0.1) is 0 Å². The molecule has 0 aliphatic carbocycles. The molecule has 2 saturated heterocycles. The van der Waals surface area contributed by atoms with E-state index in [0.29, 0.717) is 43.3 Å². The van der Waals surface area contributed by atoms with Crippen LogP contribution in [-0.2, 0) is 28.7 Å². The first-order chi connectivity index (χ1) is 19.9. The van der Waals surface area contributed by atoms with Gasteiger partial charge in [0.2, 0.25) is 5.91 Å². The Hall–Kier alpha value is -3.45. The van der Waals surface area contributed by atoms with Gasteiger partial charge in [0.1, 0.15) is 12.4 Å². The lowest BCUT2D eigenvalue weighted by Crippen LogP contribution is -2.54. The van der Waals surface area contributed by atoms with Gasteiger partial charge >= 0.3 is 12.2 Å². The Bertz CT molecular complexity index is 1370. The van der Waals surface area contributed by atoms with E-state index in [9.17, 15) is 18.0 Å². The average Bonchev–Trinajstić information content (AvgIpc) is 3.36. The molecule has 2 aromatic rings. The molecule has 1 amide bonds. The Morgan fingerprint density at radius 2 is 2.05 bits per heavy atom. The highest BCUT2D eigenvalue weighted by atomic mass is 19.4. The fourth-order valence-electron chi connectivity index (χ4n) is 6.20. The molecule has 3 atom stereocenters. The zero-order valence-corrected chi connectivity index (χ0v) is 24.0. The van der Waals surface area contributed by atoms with E-state index in [0.717, 1.165) is 25.5 Å². The molecule has 1 aromatic heterocycles. The minimum atomic E-state index is -4.81. The molecule has 0 radical (unpaired) electrons. The van der Waals surface area contributed by atoms with E-state index in [4.69, 9.17) is 20.2 Å². The second kappa shape index (κ2) is 11.7. The van der Waals surface area contributed by atoms with Crippen LogP contribution >= 0.6 is 0 Å². The molecule has 2 N–H and O–H groups in total. The van der Waals surface area contributed by atoms with Crippen LogP contribution in [0.3, 0.4) is 0 Å². The van der Waals surface area contributed by atoms with Gasteiger partial charge in [0, 0.05) is 49.3 Å². The second-order valence-electron chi connectivity index (χ2n) is 11.3. The number of carbonyl (C=O) groups excluding carboxylic acids is 1. The van der Waals surface area contributed by atoms with Gasteiger partial charge < -0.3 is 29.9 Å². The number of alkyl halides is 3. The summed E-state index contributed by atoms with van der Waals surface area (Å²) in [5.74, 6) is -0.776. The highest BCUT2D eigenvalue weighted by Gasteiger charge is 2.42. The molecule has 3 aliphatic heterocycles. The summed E-state index contributed by atoms with van der Waals surface area (Å²) in [5.41, 5.74) is 4.52. The van der Waals surface area contributed by atoms with Gasteiger partial charge in [-0.3, -0.25) is 4.79 Å². The lowest BCUT2D eigenvalue weighted by atomic mass is 9.91. The Morgan fingerprint density at radius 1 is 1.29 bits per heavy atom. The van der Waals surface area contributed by atoms with E-state index in [-0.39, 0.29) is 48.3 Å². The van der Waals surface area contributed by atoms with Gasteiger partial charge in [0.05, 0.1) is 29.7 Å². The minimum Gasteiger partial charge on any atom is -0.462 e. The van der Waals surface area contributed by atoms with Gasteiger partial charge in [-0.05, 0) is 58.0 Å². The highest BCUT2D eigenvalue weighted by Crippen LogP contribution is 2.44. The van der Waals surface area contributed by atoms with E-state index in [2.05, 4.69) is 16.5 Å². The molecule has 5 rings (SSSR count). The van der Waals surface area contributed by atoms with Gasteiger partial charge in [-0.25, -0.2) is 4.39 Å². The van der Waals surface area contributed by atoms with E-state index in [1.54, 1.807) is 4.90 Å². The third-order valence-electron chi connectivity index (χ3n) is 8.45. The third-order valence-corrected chi connectivity index (χ3v) is 8.45. The average molecular weight is 593 g/mol. The van der Waals surface area contributed by atoms with Crippen LogP contribution in [0.4, 0.5) is 29.1 Å². The van der Waals surface area contributed by atoms with Crippen molar-refractivity contribution in [3.8, 4) is 6.01 Å². The van der Waals surface area contributed by atoms with Crippen molar-refractivity contribution in [2.45, 2.75) is 64.1 Å². The summed E-state index contributed by atoms with van der Waals surface area (Å²) in [6, 6.07) is 1.14. The number of hydrogen-bond donors (Lipinski definition) is 1. The normalized spacial score (nSPS) is 23.2. The summed E-state index contributed by atoms with van der Waals surface area (Å²) >= 11 is 0. The number of fused-ring (bicyclic) bond motifs is 1. The number of rotatable bonds is 6. The first-order valence-electron chi connectivity index (χ1n) is 14.1. The molecule has 13 heteroatoms. The van der Waals surface area contributed by atoms with Crippen LogP contribution in [-0.4, -0.2) is 77.6 Å². The Morgan fingerprint density at radius 3 is 2.69 bits per heavy atom. The topological polar surface area (TPSA) is 97.0 Å². The lowest BCUT2D eigenvalue weighted by Gasteiger charge is -2.41. The SMILES string of the molecule is C=CC(=O)N1CCN(c2nc(OC[C@@H]3CCCN3C)nc3c2COC(c2c(F)c(N)cc(C)c2C(F)(F)F)C3)[C@@H](C)C1. The largest absolute Gasteiger partial charge is 0.462 e. The number of piperazine rings is 1. The summed E-state index contributed by atoms with van der Waals surface area (Å²) in [6.45, 7) is 9.28. The number of likely N-dealkylation sites (N-methyl/N-ethyl adjacent to an activating group) is 1. The number of aryl methyl sites for hydroxylation is 1. The molecule has 3 aliphatic rings. The lowest BCUT2D eigenvalue weighted by molar-refractivity contribution is -0.140.